The molecule has 1 aliphatic carbocycles. The van der Waals surface area contributed by atoms with Crippen LogP contribution in [0.2, 0.25) is 0 Å². The van der Waals surface area contributed by atoms with Gasteiger partial charge in [0.05, 0.1) is 5.56 Å². The van der Waals surface area contributed by atoms with Crippen molar-refractivity contribution in [2.24, 2.45) is 13.0 Å². The van der Waals surface area contributed by atoms with Crippen LogP contribution in [0.25, 0.3) is 11.1 Å². The van der Waals surface area contributed by atoms with Crippen molar-refractivity contribution in [2.45, 2.75) is 26.2 Å². The molecule has 0 amide bonds. The minimum absolute atomic E-state index is 0.127. The molecule has 0 radical (unpaired) electrons. The maximum Gasteiger partial charge on any atom is 0.278 e. The molecule has 1 aliphatic rings. The molecule has 23 heavy (non-hydrogen) atoms. The van der Waals surface area contributed by atoms with Gasteiger partial charge in [0, 0.05) is 7.05 Å². The molecule has 1 saturated carbocycles. The third-order valence-corrected chi connectivity index (χ3v) is 4.21. The highest BCUT2D eigenvalue weighted by Crippen LogP contribution is 2.37. The molecule has 1 heterocycles. The van der Waals surface area contributed by atoms with E-state index in [0.29, 0.717) is 23.8 Å². The van der Waals surface area contributed by atoms with Crippen LogP contribution in [0.5, 0.6) is 5.75 Å². The Labute approximate surface area is 136 Å². The Morgan fingerprint density at radius 2 is 2.13 bits per heavy atom. The first-order chi connectivity index (χ1) is 11.1. The van der Waals surface area contributed by atoms with E-state index in [0.717, 1.165) is 23.2 Å². The average Bonchev–Trinajstić information content (AvgIpc) is 3.34. The molecule has 1 fully saturated rings. The van der Waals surface area contributed by atoms with Gasteiger partial charge in [0.25, 0.3) is 5.56 Å². The van der Waals surface area contributed by atoms with Crippen LogP contribution in [-0.2, 0) is 13.5 Å². The van der Waals surface area contributed by atoms with E-state index in [1.807, 2.05) is 31.2 Å². The zero-order valence-electron chi connectivity index (χ0n) is 13.7. The fourth-order valence-corrected chi connectivity index (χ4v) is 2.79. The Morgan fingerprint density at radius 3 is 2.78 bits per heavy atom. The number of nitrogens with zero attached hydrogens (tertiary/aromatic N) is 2. The van der Waals surface area contributed by atoms with Crippen molar-refractivity contribution in [3.05, 3.63) is 58.5 Å². The van der Waals surface area contributed by atoms with E-state index in [4.69, 9.17) is 4.74 Å². The standard InChI is InChI=1S/C19H22N2O2/c1-4-11-23-18-16(12-14-9-10-14)20-21(3)19(22)17(18)15-8-6-5-7-13(15)2/h4-8,14H,1,9-12H2,2-3H3. The maximum absolute atomic E-state index is 12.8. The van der Waals surface area contributed by atoms with Crippen LogP contribution in [0.15, 0.2) is 41.7 Å². The lowest BCUT2D eigenvalue weighted by atomic mass is 9.99. The van der Waals surface area contributed by atoms with Crippen molar-refractivity contribution >= 4 is 0 Å². The smallest absolute Gasteiger partial charge is 0.278 e. The van der Waals surface area contributed by atoms with Crippen molar-refractivity contribution in [2.75, 3.05) is 6.61 Å². The number of ether oxygens (including phenoxy) is 1. The van der Waals surface area contributed by atoms with Crippen molar-refractivity contribution in [3.8, 4) is 16.9 Å². The number of benzene rings is 1. The van der Waals surface area contributed by atoms with Gasteiger partial charge in [-0.25, -0.2) is 4.68 Å². The molecule has 4 nitrogen and oxygen atoms in total. The van der Waals surface area contributed by atoms with Gasteiger partial charge in [-0.05, 0) is 43.2 Å². The van der Waals surface area contributed by atoms with E-state index < -0.39 is 0 Å². The Hall–Kier alpha value is -2.36. The molecular formula is C19H22N2O2. The monoisotopic (exact) mass is 310 g/mol. The molecule has 4 heteroatoms. The molecule has 0 N–H and O–H groups in total. The summed E-state index contributed by atoms with van der Waals surface area (Å²) in [5.41, 5.74) is 3.31. The Morgan fingerprint density at radius 1 is 1.39 bits per heavy atom. The highest BCUT2D eigenvalue weighted by Gasteiger charge is 2.27. The molecule has 1 aromatic heterocycles. The predicted octanol–water partition coefficient (Wildman–Crippen LogP) is 3.27. The van der Waals surface area contributed by atoms with Gasteiger partial charge >= 0.3 is 0 Å². The Kier molecular flexibility index (Phi) is 4.33. The fourth-order valence-electron chi connectivity index (χ4n) is 2.79. The van der Waals surface area contributed by atoms with Crippen LogP contribution >= 0.6 is 0 Å². The third-order valence-electron chi connectivity index (χ3n) is 4.21. The van der Waals surface area contributed by atoms with E-state index in [9.17, 15) is 4.79 Å². The second kappa shape index (κ2) is 6.41. The SMILES string of the molecule is C=CCOc1c(CC2CC2)nn(C)c(=O)c1-c1ccccc1C. The summed E-state index contributed by atoms with van der Waals surface area (Å²) >= 11 is 0. The minimum atomic E-state index is -0.127. The normalized spacial score (nSPS) is 13.8. The molecule has 120 valence electrons. The number of aromatic nitrogens is 2. The van der Waals surface area contributed by atoms with Gasteiger partial charge < -0.3 is 4.74 Å². The quantitative estimate of drug-likeness (QED) is 0.769. The molecule has 0 bridgehead atoms. The van der Waals surface area contributed by atoms with Gasteiger partial charge in [0.2, 0.25) is 0 Å². The van der Waals surface area contributed by atoms with Crippen LogP contribution in [0.1, 0.15) is 24.1 Å². The van der Waals surface area contributed by atoms with Gasteiger partial charge in [-0.2, -0.15) is 5.10 Å². The topological polar surface area (TPSA) is 44.1 Å². The summed E-state index contributed by atoms with van der Waals surface area (Å²) in [7, 11) is 1.71. The van der Waals surface area contributed by atoms with Gasteiger partial charge in [-0.1, -0.05) is 36.9 Å². The zero-order valence-corrected chi connectivity index (χ0v) is 13.7. The Bertz CT molecular complexity index is 788. The van der Waals surface area contributed by atoms with Crippen LogP contribution in [0, 0.1) is 12.8 Å². The average molecular weight is 310 g/mol. The molecule has 0 atom stereocenters. The van der Waals surface area contributed by atoms with Crippen molar-refractivity contribution in [1.82, 2.24) is 9.78 Å². The lowest BCUT2D eigenvalue weighted by molar-refractivity contribution is 0.353. The molecule has 0 saturated heterocycles. The second-order valence-corrected chi connectivity index (χ2v) is 6.14. The lowest BCUT2D eigenvalue weighted by Crippen LogP contribution is -2.25. The number of rotatable bonds is 6. The molecule has 0 aliphatic heterocycles. The minimum Gasteiger partial charge on any atom is -0.487 e. The number of aryl methyl sites for hydroxylation is 2. The van der Waals surface area contributed by atoms with E-state index in [1.54, 1.807) is 13.1 Å². The summed E-state index contributed by atoms with van der Waals surface area (Å²) in [6.07, 6.45) is 5.01. The van der Waals surface area contributed by atoms with Gasteiger partial charge in [-0.15, -0.1) is 0 Å². The summed E-state index contributed by atoms with van der Waals surface area (Å²) in [5, 5.41) is 4.47. The largest absolute Gasteiger partial charge is 0.487 e. The molecular weight excluding hydrogens is 288 g/mol. The lowest BCUT2D eigenvalue weighted by Gasteiger charge is -2.16. The summed E-state index contributed by atoms with van der Waals surface area (Å²) in [6.45, 7) is 6.08. The molecule has 1 aromatic carbocycles. The van der Waals surface area contributed by atoms with E-state index in [2.05, 4.69) is 11.7 Å². The Balaban J connectivity index is 2.21. The van der Waals surface area contributed by atoms with Crippen molar-refractivity contribution < 1.29 is 4.74 Å². The number of hydrogen-bond acceptors (Lipinski definition) is 3. The van der Waals surface area contributed by atoms with Crippen LogP contribution in [-0.4, -0.2) is 16.4 Å². The third kappa shape index (κ3) is 3.21. The maximum atomic E-state index is 12.8. The van der Waals surface area contributed by atoms with Crippen molar-refractivity contribution in [3.63, 3.8) is 0 Å². The van der Waals surface area contributed by atoms with Crippen molar-refractivity contribution in [1.29, 1.82) is 0 Å². The highest BCUT2D eigenvalue weighted by molar-refractivity contribution is 5.73. The summed E-state index contributed by atoms with van der Waals surface area (Å²) in [5.74, 6) is 1.28. The first-order valence-corrected chi connectivity index (χ1v) is 8.01. The van der Waals surface area contributed by atoms with Gasteiger partial charge in [0.1, 0.15) is 12.3 Å². The summed E-state index contributed by atoms with van der Waals surface area (Å²) in [4.78, 5) is 12.8. The molecule has 0 spiro atoms. The predicted molar refractivity (Wildman–Crippen MR) is 91.8 cm³/mol. The number of hydrogen-bond donors (Lipinski definition) is 0. The van der Waals surface area contributed by atoms with Crippen LogP contribution < -0.4 is 10.3 Å². The van der Waals surface area contributed by atoms with E-state index >= 15 is 0 Å². The molecule has 2 aromatic rings. The fraction of sp³-hybridized carbons (Fsp3) is 0.368. The first kappa shape index (κ1) is 15.5. The van der Waals surface area contributed by atoms with E-state index in [-0.39, 0.29) is 5.56 Å². The van der Waals surface area contributed by atoms with Gasteiger partial charge in [0.15, 0.2) is 5.75 Å². The summed E-state index contributed by atoms with van der Waals surface area (Å²) < 4.78 is 7.33. The van der Waals surface area contributed by atoms with Gasteiger partial charge in [-0.3, -0.25) is 4.79 Å². The van der Waals surface area contributed by atoms with E-state index in [1.165, 1.54) is 17.5 Å². The molecule has 0 unspecified atom stereocenters. The first-order valence-electron chi connectivity index (χ1n) is 8.01. The van der Waals surface area contributed by atoms with Crippen LogP contribution in [0.3, 0.4) is 0 Å². The van der Waals surface area contributed by atoms with Crippen LogP contribution in [0.4, 0.5) is 0 Å². The highest BCUT2D eigenvalue weighted by atomic mass is 16.5. The summed E-state index contributed by atoms with van der Waals surface area (Å²) in [6, 6.07) is 7.89. The molecule has 3 rings (SSSR count). The zero-order chi connectivity index (χ0) is 16.4. The second-order valence-electron chi connectivity index (χ2n) is 6.14.